The highest BCUT2D eigenvalue weighted by Gasteiger charge is 2.57. The van der Waals surface area contributed by atoms with Crippen LogP contribution in [0.1, 0.15) is 70.4 Å². The fourth-order valence-corrected chi connectivity index (χ4v) is 6.85. The number of benzene rings is 2. The first kappa shape index (κ1) is 30.6. The van der Waals surface area contributed by atoms with Crippen molar-refractivity contribution >= 4 is 11.8 Å². The standard InChI is InChI=1S/C32H30F3N7O5/c1-18-7-8-32(13-26(42-37-9-10-38-42)41(47-32)15-21-23(34)11-20(33)12-24(21)35)25-16-39(18)31(45)27-29(46-17-19-5-3-2-4-6-19)28(43)22(30(36)44)14-40(25)27/h2-6,9-12,14,18,25-26H,7-8,13,15-17H2,1H3,(H2,36,44)/t18-,25+,26?,32-/m0/s1. The zero-order chi connectivity index (χ0) is 33.0. The van der Waals surface area contributed by atoms with E-state index in [2.05, 4.69) is 10.2 Å². The molecular weight excluding hydrogens is 619 g/mol. The molecule has 2 N–H and O–H groups in total. The lowest BCUT2D eigenvalue weighted by atomic mass is 9.85. The molecule has 2 aromatic heterocycles. The van der Waals surface area contributed by atoms with Gasteiger partial charge < -0.3 is 19.9 Å². The number of rotatable bonds is 7. The molecular formula is C32H30F3N7O5. The van der Waals surface area contributed by atoms with Gasteiger partial charge in [0.25, 0.3) is 11.8 Å². The summed E-state index contributed by atoms with van der Waals surface area (Å²) in [6.45, 7) is 1.52. The van der Waals surface area contributed by atoms with Crippen molar-refractivity contribution in [1.82, 2.24) is 29.5 Å². The number of primary amides is 1. The van der Waals surface area contributed by atoms with Crippen molar-refractivity contribution in [2.75, 3.05) is 6.54 Å². The minimum Gasteiger partial charge on any atom is -0.483 e. The minimum atomic E-state index is -1.16. The molecule has 3 aliphatic rings. The van der Waals surface area contributed by atoms with Crippen LogP contribution in [0.2, 0.25) is 0 Å². The van der Waals surface area contributed by atoms with Gasteiger partial charge in [-0.05, 0) is 25.3 Å². The van der Waals surface area contributed by atoms with Gasteiger partial charge in [0.1, 0.15) is 41.4 Å². The van der Waals surface area contributed by atoms with E-state index in [-0.39, 0.29) is 42.6 Å². The van der Waals surface area contributed by atoms with Crippen molar-refractivity contribution < 1.29 is 32.3 Å². The molecule has 4 aromatic rings. The van der Waals surface area contributed by atoms with Gasteiger partial charge in [0, 0.05) is 42.9 Å². The number of nitrogens with zero attached hydrogens (tertiary/aromatic N) is 6. The fraction of sp³-hybridized carbons (Fsp3) is 0.344. The molecule has 7 rings (SSSR count). The molecule has 3 aliphatic heterocycles. The van der Waals surface area contributed by atoms with E-state index in [9.17, 15) is 27.6 Å². The minimum absolute atomic E-state index is 0.0595. The van der Waals surface area contributed by atoms with Gasteiger partial charge in [-0.15, -0.1) is 0 Å². The molecule has 244 valence electrons. The number of pyridine rings is 1. The van der Waals surface area contributed by atoms with Crippen LogP contribution < -0.4 is 15.9 Å². The lowest BCUT2D eigenvalue weighted by Crippen LogP contribution is -2.52. The van der Waals surface area contributed by atoms with E-state index in [0.29, 0.717) is 25.0 Å². The van der Waals surface area contributed by atoms with Crippen molar-refractivity contribution in [2.24, 2.45) is 5.73 Å². The Hall–Kier alpha value is -5.02. The Bertz CT molecular complexity index is 1900. The van der Waals surface area contributed by atoms with Crippen LogP contribution in [0.25, 0.3) is 0 Å². The molecule has 0 aliphatic carbocycles. The zero-order valence-corrected chi connectivity index (χ0v) is 25.2. The van der Waals surface area contributed by atoms with Crippen LogP contribution in [-0.4, -0.2) is 59.5 Å². The number of fused-ring (bicyclic) bond motifs is 5. The first-order valence-electron chi connectivity index (χ1n) is 15.1. The van der Waals surface area contributed by atoms with E-state index in [1.54, 1.807) is 29.2 Å². The van der Waals surface area contributed by atoms with Crippen molar-refractivity contribution in [3.8, 4) is 5.75 Å². The number of nitrogens with two attached hydrogens (primary N) is 1. The van der Waals surface area contributed by atoms with Crippen LogP contribution in [0.15, 0.2) is 65.8 Å². The smallest absolute Gasteiger partial charge is 0.274 e. The molecule has 1 spiro atoms. The van der Waals surface area contributed by atoms with Crippen LogP contribution in [0.4, 0.5) is 13.2 Å². The van der Waals surface area contributed by atoms with Gasteiger partial charge in [-0.1, -0.05) is 30.3 Å². The summed E-state index contributed by atoms with van der Waals surface area (Å²) >= 11 is 0. The molecule has 1 unspecified atom stereocenters. The van der Waals surface area contributed by atoms with Gasteiger partial charge in [-0.2, -0.15) is 20.1 Å². The summed E-state index contributed by atoms with van der Waals surface area (Å²) in [6, 6.07) is 9.19. The Morgan fingerprint density at radius 1 is 1.11 bits per heavy atom. The van der Waals surface area contributed by atoms with E-state index in [0.717, 1.165) is 5.56 Å². The van der Waals surface area contributed by atoms with Crippen molar-refractivity contribution in [3.05, 3.63) is 111 Å². The summed E-state index contributed by atoms with van der Waals surface area (Å²) in [5.74, 6) is -5.01. The van der Waals surface area contributed by atoms with Crippen LogP contribution in [0, 0.1) is 17.5 Å². The molecule has 2 amide bonds. The number of aromatic nitrogens is 4. The lowest BCUT2D eigenvalue weighted by molar-refractivity contribution is -0.236. The second-order valence-corrected chi connectivity index (χ2v) is 12.1. The molecule has 15 heteroatoms. The van der Waals surface area contributed by atoms with Gasteiger partial charge in [0.15, 0.2) is 11.4 Å². The Labute approximate surface area is 266 Å². The number of hydrogen-bond donors (Lipinski definition) is 1. The van der Waals surface area contributed by atoms with E-state index >= 15 is 0 Å². The second-order valence-electron chi connectivity index (χ2n) is 12.1. The molecule has 12 nitrogen and oxygen atoms in total. The zero-order valence-electron chi connectivity index (χ0n) is 25.2. The Morgan fingerprint density at radius 3 is 2.49 bits per heavy atom. The fourth-order valence-electron chi connectivity index (χ4n) is 6.85. The Kier molecular flexibility index (Phi) is 7.59. The van der Waals surface area contributed by atoms with Crippen LogP contribution >= 0.6 is 0 Å². The number of amides is 2. The third kappa shape index (κ3) is 5.24. The van der Waals surface area contributed by atoms with E-state index in [4.69, 9.17) is 15.3 Å². The first-order valence-corrected chi connectivity index (χ1v) is 15.1. The van der Waals surface area contributed by atoms with Crippen molar-refractivity contribution in [2.45, 2.75) is 63.2 Å². The van der Waals surface area contributed by atoms with Crippen LogP contribution in [0.3, 0.4) is 0 Å². The highest BCUT2D eigenvalue weighted by molar-refractivity contribution is 5.99. The van der Waals surface area contributed by atoms with Crippen LogP contribution in [-0.2, 0) is 18.0 Å². The Morgan fingerprint density at radius 2 is 1.81 bits per heavy atom. The molecule has 0 radical (unpaired) electrons. The largest absolute Gasteiger partial charge is 0.483 e. The molecule has 2 bridgehead atoms. The number of ether oxygens (including phenoxy) is 1. The van der Waals surface area contributed by atoms with E-state index < -0.39 is 64.6 Å². The third-order valence-corrected chi connectivity index (χ3v) is 9.26. The summed E-state index contributed by atoms with van der Waals surface area (Å²) in [5, 5.41) is 9.87. The van der Waals surface area contributed by atoms with Crippen molar-refractivity contribution in [3.63, 3.8) is 0 Å². The molecule has 4 atom stereocenters. The van der Waals surface area contributed by atoms with Crippen LogP contribution in [0.5, 0.6) is 5.75 Å². The quantitative estimate of drug-likeness (QED) is 0.321. The predicted molar refractivity (Wildman–Crippen MR) is 158 cm³/mol. The second kappa shape index (κ2) is 11.7. The molecule has 2 fully saturated rings. The average molecular weight is 650 g/mol. The molecule has 47 heavy (non-hydrogen) atoms. The molecule has 2 saturated heterocycles. The van der Waals surface area contributed by atoms with E-state index in [1.807, 2.05) is 13.0 Å². The first-order chi connectivity index (χ1) is 22.6. The maximum absolute atomic E-state index is 14.9. The topological polar surface area (TPSA) is 138 Å². The van der Waals surface area contributed by atoms with Gasteiger partial charge in [-0.25, -0.2) is 13.2 Å². The summed E-state index contributed by atoms with van der Waals surface area (Å²) in [7, 11) is 0. The molecule has 0 saturated carbocycles. The SMILES string of the molecule is C[C@H]1CC[C@]2(CC(n3nccn3)N(Cc3c(F)cc(F)cc3F)O2)[C@H]2CN1C(=O)c1c(OCc3ccccc3)c(=O)c(C(N)=O)cn12. The van der Waals surface area contributed by atoms with Gasteiger partial charge in [0.05, 0.1) is 25.0 Å². The van der Waals surface area contributed by atoms with Gasteiger partial charge >= 0.3 is 0 Å². The third-order valence-electron chi connectivity index (χ3n) is 9.26. The number of carbonyl (C=O) groups is 2. The highest BCUT2D eigenvalue weighted by Crippen LogP contribution is 2.51. The van der Waals surface area contributed by atoms with Gasteiger partial charge in [0.2, 0.25) is 5.43 Å². The maximum atomic E-state index is 14.9. The summed E-state index contributed by atoms with van der Waals surface area (Å²) in [5.41, 5.74) is 3.55. The number of halogens is 3. The highest BCUT2D eigenvalue weighted by atomic mass is 19.1. The van der Waals surface area contributed by atoms with Crippen molar-refractivity contribution in [1.29, 1.82) is 0 Å². The number of carbonyl (C=O) groups excluding carboxylic acids is 2. The number of hydrogen-bond acceptors (Lipinski definition) is 8. The number of hydroxylamine groups is 2. The molecule has 2 aromatic carbocycles. The molecule has 5 heterocycles. The summed E-state index contributed by atoms with van der Waals surface area (Å²) in [6.07, 6.45) is 4.41. The summed E-state index contributed by atoms with van der Waals surface area (Å²) < 4.78 is 51.1. The van der Waals surface area contributed by atoms with Gasteiger partial charge in [-0.3, -0.25) is 19.2 Å². The summed E-state index contributed by atoms with van der Waals surface area (Å²) in [4.78, 5) is 50.0. The average Bonchev–Trinajstić information content (AvgIpc) is 3.68. The van der Waals surface area contributed by atoms with E-state index in [1.165, 1.54) is 33.0 Å². The lowest BCUT2D eigenvalue weighted by Gasteiger charge is -2.42. The normalized spacial score (nSPS) is 24.0. The maximum Gasteiger partial charge on any atom is 0.274 e. The monoisotopic (exact) mass is 649 g/mol. The predicted octanol–water partition coefficient (Wildman–Crippen LogP) is 3.49. The Balaban J connectivity index is 1.36.